The topological polar surface area (TPSA) is 32.7 Å². The molecule has 0 aliphatic carbocycles. The van der Waals surface area contributed by atoms with Gasteiger partial charge in [0.1, 0.15) is 11.5 Å². The van der Waals surface area contributed by atoms with Gasteiger partial charge in [0.25, 0.3) is 0 Å². The van der Waals surface area contributed by atoms with Crippen LogP contribution in [0.25, 0.3) is 0 Å². The summed E-state index contributed by atoms with van der Waals surface area (Å²) in [7, 11) is 1.69. The number of benzene rings is 2. The van der Waals surface area contributed by atoms with Crippen LogP contribution in [0.4, 0.5) is 0 Å². The molecule has 110 valence electrons. The van der Waals surface area contributed by atoms with Gasteiger partial charge in [0.2, 0.25) is 0 Å². The minimum absolute atomic E-state index is 0.375. The molecule has 0 unspecified atom stereocenters. The molecule has 1 aliphatic rings. The van der Waals surface area contributed by atoms with Crippen LogP contribution in [0.1, 0.15) is 16.7 Å². The number of phenols is 1. The quantitative estimate of drug-likeness (QED) is 0.936. The maximum absolute atomic E-state index is 9.53. The van der Waals surface area contributed by atoms with Crippen LogP contribution >= 0.6 is 0 Å². The third-order valence-corrected chi connectivity index (χ3v) is 4.16. The van der Waals surface area contributed by atoms with Crippen molar-refractivity contribution in [3.63, 3.8) is 0 Å². The van der Waals surface area contributed by atoms with Gasteiger partial charge in [0, 0.05) is 19.6 Å². The highest BCUT2D eigenvalue weighted by Crippen LogP contribution is 2.23. The summed E-state index contributed by atoms with van der Waals surface area (Å²) in [5, 5.41) is 9.53. The van der Waals surface area contributed by atoms with Crippen molar-refractivity contribution in [3.05, 3.63) is 59.2 Å². The van der Waals surface area contributed by atoms with Gasteiger partial charge < -0.3 is 9.84 Å². The zero-order valence-electron chi connectivity index (χ0n) is 12.4. The Labute approximate surface area is 125 Å². The van der Waals surface area contributed by atoms with Gasteiger partial charge in [-0.25, -0.2) is 0 Å². The molecule has 0 radical (unpaired) electrons. The van der Waals surface area contributed by atoms with E-state index in [1.807, 2.05) is 24.3 Å². The Morgan fingerprint density at radius 1 is 1.10 bits per heavy atom. The van der Waals surface area contributed by atoms with Gasteiger partial charge in [-0.3, -0.25) is 4.90 Å². The van der Waals surface area contributed by atoms with Crippen molar-refractivity contribution in [2.75, 3.05) is 20.2 Å². The molecule has 1 heterocycles. The second-order valence-electron chi connectivity index (χ2n) is 5.58. The van der Waals surface area contributed by atoms with E-state index in [1.54, 1.807) is 13.2 Å². The molecule has 2 aromatic rings. The van der Waals surface area contributed by atoms with Crippen molar-refractivity contribution < 1.29 is 9.84 Å². The number of methoxy groups -OCH3 is 1. The number of ether oxygens (including phenoxy) is 1. The summed E-state index contributed by atoms with van der Waals surface area (Å²) in [6.45, 7) is 3.10. The number of phenolic OH excluding ortho intramolecular Hbond substituents is 1. The van der Waals surface area contributed by atoms with Gasteiger partial charge in [0.05, 0.1) is 7.11 Å². The standard InChI is InChI=1S/C18H21NO2/c1-21-18-6-2-14(3-7-18)8-10-19-11-9-15-12-17(20)5-4-16(15)13-19/h2-7,12,20H,8-11,13H2,1H3. The summed E-state index contributed by atoms with van der Waals surface area (Å²) in [5.74, 6) is 1.28. The Balaban J connectivity index is 1.58. The molecule has 0 bridgehead atoms. The van der Waals surface area contributed by atoms with E-state index in [9.17, 15) is 5.11 Å². The predicted molar refractivity (Wildman–Crippen MR) is 83.8 cm³/mol. The van der Waals surface area contributed by atoms with Crippen LogP contribution in [0.2, 0.25) is 0 Å². The van der Waals surface area contributed by atoms with E-state index in [1.165, 1.54) is 16.7 Å². The van der Waals surface area contributed by atoms with Crippen LogP contribution in [0.3, 0.4) is 0 Å². The lowest BCUT2D eigenvalue weighted by atomic mass is 9.99. The van der Waals surface area contributed by atoms with Crippen LogP contribution in [-0.4, -0.2) is 30.2 Å². The summed E-state index contributed by atoms with van der Waals surface area (Å²) in [4.78, 5) is 2.48. The zero-order chi connectivity index (χ0) is 14.7. The third-order valence-electron chi connectivity index (χ3n) is 4.16. The highest BCUT2D eigenvalue weighted by Gasteiger charge is 2.16. The average Bonchev–Trinajstić information content (AvgIpc) is 2.53. The number of rotatable bonds is 4. The summed E-state index contributed by atoms with van der Waals surface area (Å²) in [6, 6.07) is 14.0. The highest BCUT2D eigenvalue weighted by molar-refractivity contribution is 5.36. The van der Waals surface area contributed by atoms with Gasteiger partial charge >= 0.3 is 0 Å². The first-order valence-corrected chi connectivity index (χ1v) is 7.40. The van der Waals surface area contributed by atoms with E-state index in [0.29, 0.717) is 5.75 Å². The lowest BCUT2D eigenvalue weighted by Crippen LogP contribution is -2.32. The summed E-state index contributed by atoms with van der Waals surface area (Å²) >= 11 is 0. The normalized spacial score (nSPS) is 14.7. The van der Waals surface area contributed by atoms with Gasteiger partial charge in [-0.1, -0.05) is 18.2 Å². The molecule has 3 nitrogen and oxygen atoms in total. The second kappa shape index (κ2) is 6.19. The fourth-order valence-corrected chi connectivity index (χ4v) is 2.87. The van der Waals surface area contributed by atoms with E-state index in [4.69, 9.17) is 4.74 Å². The molecule has 0 aromatic heterocycles. The van der Waals surface area contributed by atoms with Gasteiger partial charge in [0.15, 0.2) is 0 Å². The van der Waals surface area contributed by atoms with Gasteiger partial charge in [-0.2, -0.15) is 0 Å². The largest absolute Gasteiger partial charge is 0.508 e. The maximum Gasteiger partial charge on any atom is 0.118 e. The number of hydrogen-bond donors (Lipinski definition) is 1. The highest BCUT2D eigenvalue weighted by atomic mass is 16.5. The summed E-state index contributed by atoms with van der Waals surface area (Å²) < 4.78 is 5.18. The molecular formula is C18H21NO2. The van der Waals surface area contributed by atoms with E-state index in [0.717, 1.165) is 38.2 Å². The molecule has 3 heteroatoms. The molecule has 0 atom stereocenters. The minimum atomic E-state index is 0.375. The first kappa shape index (κ1) is 14.0. The average molecular weight is 283 g/mol. The first-order chi connectivity index (χ1) is 10.2. The van der Waals surface area contributed by atoms with Crippen LogP contribution in [0.15, 0.2) is 42.5 Å². The van der Waals surface area contributed by atoms with Crippen molar-refractivity contribution in [2.24, 2.45) is 0 Å². The maximum atomic E-state index is 9.53. The fourth-order valence-electron chi connectivity index (χ4n) is 2.87. The Bertz CT molecular complexity index is 607. The summed E-state index contributed by atoms with van der Waals surface area (Å²) in [6.07, 6.45) is 2.07. The van der Waals surface area contributed by atoms with Crippen molar-refractivity contribution in [1.29, 1.82) is 0 Å². The van der Waals surface area contributed by atoms with E-state index >= 15 is 0 Å². The molecule has 1 N–H and O–H groups in total. The number of aromatic hydroxyl groups is 1. The molecule has 3 rings (SSSR count). The lowest BCUT2D eigenvalue weighted by molar-refractivity contribution is 0.257. The Morgan fingerprint density at radius 3 is 2.67 bits per heavy atom. The minimum Gasteiger partial charge on any atom is -0.508 e. The molecule has 0 amide bonds. The van der Waals surface area contributed by atoms with Crippen LogP contribution in [-0.2, 0) is 19.4 Å². The van der Waals surface area contributed by atoms with E-state index < -0.39 is 0 Å². The predicted octanol–water partition coefficient (Wildman–Crippen LogP) is 3.00. The first-order valence-electron chi connectivity index (χ1n) is 7.40. The number of hydrogen-bond acceptors (Lipinski definition) is 3. The lowest BCUT2D eigenvalue weighted by Gasteiger charge is -2.28. The molecule has 0 spiro atoms. The Hall–Kier alpha value is -2.00. The number of nitrogens with zero attached hydrogens (tertiary/aromatic N) is 1. The van der Waals surface area contributed by atoms with E-state index in [-0.39, 0.29) is 0 Å². The molecule has 2 aromatic carbocycles. The molecule has 0 saturated carbocycles. The second-order valence-corrected chi connectivity index (χ2v) is 5.58. The smallest absolute Gasteiger partial charge is 0.118 e. The SMILES string of the molecule is COc1ccc(CCN2CCc3cc(O)ccc3C2)cc1. The summed E-state index contributed by atoms with van der Waals surface area (Å²) in [5.41, 5.74) is 3.97. The van der Waals surface area contributed by atoms with Gasteiger partial charge in [-0.05, 0) is 53.8 Å². The van der Waals surface area contributed by atoms with Crippen molar-refractivity contribution in [1.82, 2.24) is 4.90 Å². The molecule has 0 saturated heterocycles. The van der Waals surface area contributed by atoms with Crippen LogP contribution in [0.5, 0.6) is 11.5 Å². The molecule has 1 aliphatic heterocycles. The molecule has 0 fully saturated rings. The Morgan fingerprint density at radius 2 is 1.90 bits per heavy atom. The van der Waals surface area contributed by atoms with Crippen LogP contribution in [0, 0.1) is 0 Å². The van der Waals surface area contributed by atoms with E-state index in [2.05, 4.69) is 17.0 Å². The van der Waals surface area contributed by atoms with Crippen LogP contribution < -0.4 is 4.74 Å². The third kappa shape index (κ3) is 3.37. The van der Waals surface area contributed by atoms with Gasteiger partial charge in [-0.15, -0.1) is 0 Å². The number of fused-ring (bicyclic) bond motifs is 1. The molecular weight excluding hydrogens is 262 g/mol. The van der Waals surface area contributed by atoms with Crippen molar-refractivity contribution >= 4 is 0 Å². The monoisotopic (exact) mass is 283 g/mol. The van der Waals surface area contributed by atoms with Crippen molar-refractivity contribution in [3.8, 4) is 11.5 Å². The zero-order valence-corrected chi connectivity index (χ0v) is 12.4. The Kier molecular flexibility index (Phi) is 4.11. The fraction of sp³-hybridized carbons (Fsp3) is 0.333. The van der Waals surface area contributed by atoms with Crippen molar-refractivity contribution in [2.45, 2.75) is 19.4 Å². The molecule has 21 heavy (non-hydrogen) atoms.